The highest BCUT2D eigenvalue weighted by atomic mass is 32.2. The lowest BCUT2D eigenvalue weighted by molar-refractivity contribution is 0.284. The van der Waals surface area contributed by atoms with E-state index in [1.807, 2.05) is 24.2 Å². The van der Waals surface area contributed by atoms with Crippen molar-refractivity contribution in [2.75, 3.05) is 12.4 Å². The van der Waals surface area contributed by atoms with Gasteiger partial charge in [0.05, 0.1) is 0 Å². The zero-order valence-electron chi connectivity index (χ0n) is 9.98. The highest BCUT2D eigenvalue weighted by Crippen LogP contribution is 2.20. The van der Waals surface area contributed by atoms with Gasteiger partial charge in [-0.2, -0.15) is 0 Å². The standard InChI is InChI=1S/C13H21NOS/c1-2-6-12-9-13(11-14-10-12)16-8-5-3-4-7-15/h9-11,15H,2-8H2,1H3. The lowest BCUT2D eigenvalue weighted by atomic mass is 10.2. The summed E-state index contributed by atoms with van der Waals surface area (Å²) < 4.78 is 0. The summed E-state index contributed by atoms with van der Waals surface area (Å²) in [5.41, 5.74) is 1.34. The second kappa shape index (κ2) is 8.59. The summed E-state index contributed by atoms with van der Waals surface area (Å²) in [7, 11) is 0. The quantitative estimate of drug-likeness (QED) is 0.558. The van der Waals surface area contributed by atoms with Gasteiger partial charge in [-0.05, 0) is 36.6 Å². The van der Waals surface area contributed by atoms with Crippen LogP contribution in [0, 0.1) is 0 Å². The number of unbranched alkanes of at least 4 members (excludes halogenated alkanes) is 2. The molecule has 1 rings (SSSR count). The predicted octanol–water partition coefficient (Wildman–Crippen LogP) is 3.29. The molecule has 90 valence electrons. The fourth-order valence-electron chi connectivity index (χ4n) is 1.55. The Labute approximate surface area is 102 Å². The number of aliphatic hydroxyl groups excluding tert-OH is 1. The third-order valence-corrected chi connectivity index (χ3v) is 3.43. The fraction of sp³-hybridized carbons (Fsp3) is 0.615. The maximum atomic E-state index is 8.66. The SMILES string of the molecule is CCCc1cncc(SCCCCCO)c1. The van der Waals surface area contributed by atoms with Gasteiger partial charge in [-0.1, -0.05) is 19.8 Å². The predicted molar refractivity (Wildman–Crippen MR) is 69.9 cm³/mol. The summed E-state index contributed by atoms with van der Waals surface area (Å²) in [5, 5.41) is 8.66. The average molecular weight is 239 g/mol. The average Bonchev–Trinajstić information content (AvgIpc) is 2.30. The van der Waals surface area contributed by atoms with Crippen molar-refractivity contribution in [3.05, 3.63) is 24.0 Å². The van der Waals surface area contributed by atoms with E-state index in [1.165, 1.54) is 23.3 Å². The van der Waals surface area contributed by atoms with Crippen molar-refractivity contribution in [2.45, 2.75) is 43.9 Å². The fourth-order valence-corrected chi connectivity index (χ4v) is 2.50. The normalized spacial score (nSPS) is 10.6. The lowest BCUT2D eigenvalue weighted by Gasteiger charge is -2.03. The van der Waals surface area contributed by atoms with Crippen molar-refractivity contribution in [1.82, 2.24) is 4.98 Å². The zero-order chi connectivity index (χ0) is 11.6. The molecule has 2 nitrogen and oxygen atoms in total. The van der Waals surface area contributed by atoms with Gasteiger partial charge in [0.1, 0.15) is 0 Å². The molecular formula is C13H21NOS. The van der Waals surface area contributed by atoms with Crippen LogP contribution in [-0.4, -0.2) is 22.5 Å². The first kappa shape index (κ1) is 13.5. The first-order valence-corrected chi connectivity index (χ1v) is 7.03. The molecule has 16 heavy (non-hydrogen) atoms. The lowest BCUT2D eigenvalue weighted by Crippen LogP contribution is -1.88. The molecule has 0 atom stereocenters. The van der Waals surface area contributed by atoms with Gasteiger partial charge in [0, 0.05) is 23.9 Å². The molecule has 0 bridgehead atoms. The molecular weight excluding hydrogens is 218 g/mol. The van der Waals surface area contributed by atoms with Crippen molar-refractivity contribution < 1.29 is 5.11 Å². The van der Waals surface area contributed by atoms with E-state index < -0.39 is 0 Å². The highest BCUT2D eigenvalue weighted by Gasteiger charge is 1.97. The summed E-state index contributed by atoms with van der Waals surface area (Å²) in [4.78, 5) is 5.53. The second-order valence-corrected chi connectivity index (χ2v) is 5.08. The third kappa shape index (κ3) is 5.52. The number of rotatable bonds is 8. The monoisotopic (exact) mass is 239 g/mol. The van der Waals surface area contributed by atoms with Crippen LogP contribution in [0.15, 0.2) is 23.4 Å². The molecule has 0 aliphatic rings. The van der Waals surface area contributed by atoms with Crippen LogP contribution in [0.25, 0.3) is 0 Å². The van der Waals surface area contributed by atoms with Crippen LogP contribution in [0.4, 0.5) is 0 Å². The molecule has 0 fully saturated rings. The summed E-state index contributed by atoms with van der Waals surface area (Å²) in [6, 6.07) is 2.24. The van der Waals surface area contributed by atoms with Crippen molar-refractivity contribution in [2.24, 2.45) is 0 Å². The van der Waals surface area contributed by atoms with Gasteiger partial charge >= 0.3 is 0 Å². The van der Waals surface area contributed by atoms with E-state index in [0.29, 0.717) is 6.61 Å². The number of thioether (sulfide) groups is 1. The first-order chi connectivity index (χ1) is 7.86. The van der Waals surface area contributed by atoms with E-state index in [0.717, 1.165) is 25.0 Å². The summed E-state index contributed by atoms with van der Waals surface area (Å²) in [6.07, 6.45) is 9.40. The van der Waals surface area contributed by atoms with Gasteiger partial charge < -0.3 is 5.11 Å². The van der Waals surface area contributed by atoms with E-state index in [9.17, 15) is 0 Å². The van der Waals surface area contributed by atoms with E-state index in [2.05, 4.69) is 18.0 Å². The number of hydrogen-bond donors (Lipinski definition) is 1. The number of aliphatic hydroxyl groups is 1. The van der Waals surface area contributed by atoms with Crippen molar-refractivity contribution in [1.29, 1.82) is 0 Å². The van der Waals surface area contributed by atoms with Crippen molar-refractivity contribution in [3.8, 4) is 0 Å². The second-order valence-electron chi connectivity index (χ2n) is 3.91. The summed E-state index contributed by atoms with van der Waals surface area (Å²) in [6.45, 7) is 2.51. The molecule has 0 unspecified atom stereocenters. The Morgan fingerprint density at radius 1 is 1.25 bits per heavy atom. The largest absolute Gasteiger partial charge is 0.396 e. The Morgan fingerprint density at radius 2 is 2.12 bits per heavy atom. The van der Waals surface area contributed by atoms with Gasteiger partial charge in [-0.3, -0.25) is 4.98 Å². The molecule has 0 saturated heterocycles. The molecule has 0 spiro atoms. The van der Waals surface area contributed by atoms with Crippen molar-refractivity contribution >= 4 is 11.8 Å². The Balaban J connectivity index is 2.27. The van der Waals surface area contributed by atoms with E-state index in [1.54, 1.807) is 0 Å². The molecule has 1 aromatic rings. The van der Waals surface area contributed by atoms with Crippen LogP contribution in [0.5, 0.6) is 0 Å². The number of hydrogen-bond acceptors (Lipinski definition) is 3. The molecule has 0 saturated carbocycles. The van der Waals surface area contributed by atoms with Crippen LogP contribution in [0.3, 0.4) is 0 Å². The van der Waals surface area contributed by atoms with Crippen LogP contribution in [0.1, 0.15) is 38.2 Å². The van der Waals surface area contributed by atoms with E-state index in [-0.39, 0.29) is 0 Å². The molecule has 0 radical (unpaired) electrons. The van der Waals surface area contributed by atoms with E-state index >= 15 is 0 Å². The summed E-state index contributed by atoms with van der Waals surface area (Å²) in [5.74, 6) is 1.12. The Morgan fingerprint density at radius 3 is 2.88 bits per heavy atom. The smallest absolute Gasteiger partial charge is 0.0431 e. The van der Waals surface area contributed by atoms with Gasteiger partial charge in [0.2, 0.25) is 0 Å². The number of pyridine rings is 1. The molecule has 3 heteroatoms. The summed E-state index contributed by atoms with van der Waals surface area (Å²) >= 11 is 1.87. The minimum absolute atomic E-state index is 0.318. The van der Waals surface area contributed by atoms with Gasteiger partial charge in [-0.25, -0.2) is 0 Å². The third-order valence-electron chi connectivity index (χ3n) is 2.38. The number of nitrogens with zero attached hydrogens (tertiary/aromatic N) is 1. The molecule has 0 amide bonds. The molecule has 1 aromatic heterocycles. The minimum atomic E-state index is 0.318. The highest BCUT2D eigenvalue weighted by molar-refractivity contribution is 7.99. The van der Waals surface area contributed by atoms with Crippen LogP contribution in [0.2, 0.25) is 0 Å². The van der Waals surface area contributed by atoms with Crippen molar-refractivity contribution in [3.63, 3.8) is 0 Å². The van der Waals surface area contributed by atoms with Crippen LogP contribution >= 0.6 is 11.8 Å². The van der Waals surface area contributed by atoms with Gasteiger partial charge in [-0.15, -0.1) is 11.8 Å². The van der Waals surface area contributed by atoms with Crippen LogP contribution < -0.4 is 0 Å². The minimum Gasteiger partial charge on any atom is -0.396 e. The molecule has 1 N–H and O–H groups in total. The molecule has 0 aromatic carbocycles. The maximum absolute atomic E-state index is 8.66. The Bertz CT molecular complexity index is 291. The molecule has 1 heterocycles. The van der Waals surface area contributed by atoms with Gasteiger partial charge in [0.15, 0.2) is 0 Å². The number of aromatic nitrogens is 1. The maximum Gasteiger partial charge on any atom is 0.0431 e. The Kier molecular flexibility index (Phi) is 7.26. The molecule has 0 aliphatic carbocycles. The first-order valence-electron chi connectivity index (χ1n) is 6.04. The van der Waals surface area contributed by atoms with Crippen LogP contribution in [-0.2, 0) is 6.42 Å². The Hall–Kier alpha value is -0.540. The molecule has 0 aliphatic heterocycles. The van der Waals surface area contributed by atoms with E-state index in [4.69, 9.17) is 5.11 Å². The van der Waals surface area contributed by atoms with Gasteiger partial charge in [0.25, 0.3) is 0 Å². The number of aryl methyl sites for hydroxylation is 1. The zero-order valence-corrected chi connectivity index (χ0v) is 10.8. The topological polar surface area (TPSA) is 33.1 Å².